The van der Waals surface area contributed by atoms with Gasteiger partial charge >= 0.3 is 0 Å². The largest absolute Gasteiger partial charge is 0.342 e. The van der Waals surface area contributed by atoms with Crippen LogP contribution in [-0.4, -0.2) is 36.5 Å². The lowest BCUT2D eigenvalue weighted by Crippen LogP contribution is -2.45. The first-order valence-electron chi connectivity index (χ1n) is 5.69. The van der Waals surface area contributed by atoms with E-state index in [2.05, 4.69) is 11.9 Å². The molecule has 1 unspecified atom stereocenters. The number of likely N-dealkylation sites (N-methyl/N-ethyl adjacent to an activating group) is 1. The Hall–Kier alpha value is -0.830. The summed E-state index contributed by atoms with van der Waals surface area (Å²) >= 11 is 0. The molecule has 1 N–H and O–H groups in total. The predicted octanol–water partition coefficient (Wildman–Crippen LogP) is 1.80. The molecule has 15 heavy (non-hydrogen) atoms. The molecule has 3 heteroatoms. The number of carbonyl (C=O) groups excluding carboxylic acids is 1. The quantitative estimate of drug-likeness (QED) is 0.653. The normalized spacial score (nSPS) is 12.3. The molecule has 0 bridgehead atoms. The zero-order valence-electron chi connectivity index (χ0n) is 10.5. The summed E-state index contributed by atoms with van der Waals surface area (Å²) in [7, 11) is 0. The van der Waals surface area contributed by atoms with Crippen molar-refractivity contribution >= 4 is 5.91 Å². The smallest absolute Gasteiger partial charge is 0.239 e. The van der Waals surface area contributed by atoms with E-state index < -0.39 is 0 Å². The molecule has 1 amide bonds. The summed E-state index contributed by atoms with van der Waals surface area (Å²) in [5.41, 5.74) is 1.14. The number of nitrogens with one attached hydrogen (secondary N) is 1. The van der Waals surface area contributed by atoms with Gasteiger partial charge in [-0.1, -0.05) is 5.57 Å². The molecule has 0 fully saturated rings. The van der Waals surface area contributed by atoms with Gasteiger partial charge in [0.05, 0.1) is 6.04 Å². The highest BCUT2D eigenvalue weighted by molar-refractivity contribution is 5.81. The van der Waals surface area contributed by atoms with E-state index in [4.69, 9.17) is 0 Å². The van der Waals surface area contributed by atoms with Crippen molar-refractivity contribution in [2.75, 3.05) is 19.6 Å². The molecule has 3 nitrogen and oxygen atoms in total. The molecule has 0 aliphatic heterocycles. The second-order valence-corrected chi connectivity index (χ2v) is 3.89. The maximum Gasteiger partial charge on any atom is 0.239 e. The van der Waals surface area contributed by atoms with Crippen LogP contribution in [0, 0.1) is 0 Å². The van der Waals surface area contributed by atoms with E-state index in [0.29, 0.717) is 0 Å². The lowest BCUT2D eigenvalue weighted by Gasteiger charge is -2.23. The van der Waals surface area contributed by atoms with Gasteiger partial charge < -0.3 is 10.2 Å². The Kier molecular flexibility index (Phi) is 7.05. The molecule has 0 aromatic rings. The summed E-state index contributed by atoms with van der Waals surface area (Å²) in [6.45, 7) is 14.1. The first kappa shape index (κ1) is 14.2. The molecule has 88 valence electrons. The molecular weight excluding hydrogens is 188 g/mol. The van der Waals surface area contributed by atoms with Crippen LogP contribution >= 0.6 is 0 Å². The van der Waals surface area contributed by atoms with Gasteiger partial charge in [-0.05, 0) is 40.7 Å². The van der Waals surface area contributed by atoms with Crippen molar-refractivity contribution in [1.29, 1.82) is 0 Å². The number of rotatable bonds is 7. The average Bonchev–Trinajstić information content (AvgIpc) is 2.18. The standard InChI is InChI=1S/C12H24N2O/c1-6-14(7-2)12(15)11(5)13-9-8-10(3)4/h11,13H,3,6-9H2,1-2,4-5H3. The lowest BCUT2D eigenvalue weighted by atomic mass is 10.2. The van der Waals surface area contributed by atoms with Gasteiger partial charge in [-0.25, -0.2) is 0 Å². The second-order valence-electron chi connectivity index (χ2n) is 3.89. The molecule has 0 saturated heterocycles. The zero-order valence-corrected chi connectivity index (χ0v) is 10.5. The van der Waals surface area contributed by atoms with Crippen molar-refractivity contribution in [2.24, 2.45) is 0 Å². The molecule has 0 rings (SSSR count). The van der Waals surface area contributed by atoms with Crippen molar-refractivity contribution < 1.29 is 4.79 Å². The molecule has 0 radical (unpaired) electrons. The van der Waals surface area contributed by atoms with Crippen LogP contribution in [-0.2, 0) is 4.79 Å². The Morgan fingerprint density at radius 3 is 2.33 bits per heavy atom. The molecule has 0 aliphatic carbocycles. The van der Waals surface area contributed by atoms with Gasteiger partial charge in [0.1, 0.15) is 0 Å². The highest BCUT2D eigenvalue weighted by atomic mass is 16.2. The van der Waals surface area contributed by atoms with Gasteiger partial charge in [0.2, 0.25) is 5.91 Å². The Labute approximate surface area is 93.5 Å². The fraction of sp³-hybridized carbons (Fsp3) is 0.750. The van der Waals surface area contributed by atoms with Gasteiger partial charge in [0.15, 0.2) is 0 Å². The van der Waals surface area contributed by atoms with Crippen molar-refractivity contribution in [3.8, 4) is 0 Å². The van der Waals surface area contributed by atoms with Crippen LogP contribution < -0.4 is 5.32 Å². The molecule has 0 saturated carbocycles. The van der Waals surface area contributed by atoms with E-state index >= 15 is 0 Å². The van der Waals surface area contributed by atoms with E-state index in [1.54, 1.807) is 0 Å². The van der Waals surface area contributed by atoms with Gasteiger partial charge in [0.25, 0.3) is 0 Å². The van der Waals surface area contributed by atoms with Crippen LogP contribution in [0.5, 0.6) is 0 Å². The predicted molar refractivity (Wildman–Crippen MR) is 64.8 cm³/mol. The van der Waals surface area contributed by atoms with E-state index in [-0.39, 0.29) is 11.9 Å². The first-order valence-corrected chi connectivity index (χ1v) is 5.69. The third-order valence-electron chi connectivity index (χ3n) is 2.45. The topological polar surface area (TPSA) is 32.3 Å². The monoisotopic (exact) mass is 212 g/mol. The summed E-state index contributed by atoms with van der Waals surface area (Å²) in [6, 6.07) is -0.0933. The summed E-state index contributed by atoms with van der Waals surface area (Å²) in [6.07, 6.45) is 0.926. The Morgan fingerprint density at radius 1 is 1.40 bits per heavy atom. The fourth-order valence-corrected chi connectivity index (χ4v) is 1.40. The van der Waals surface area contributed by atoms with Gasteiger partial charge in [0, 0.05) is 13.1 Å². The lowest BCUT2D eigenvalue weighted by molar-refractivity contribution is -0.132. The van der Waals surface area contributed by atoms with Crippen LogP contribution in [0.4, 0.5) is 0 Å². The van der Waals surface area contributed by atoms with Crippen LogP contribution in [0.15, 0.2) is 12.2 Å². The molecule has 0 heterocycles. The molecular formula is C12H24N2O. The minimum atomic E-state index is -0.0933. The maximum atomic E-state index is 11.8. The van der Waals surface area contributed by atoms with E-state index in [1.165, 1.54) is 0 Å². The molecule has 0 aromatic heterocycles. The Morgan fingerprint density at radius 2 is 1.93 bits per heavy atom. The number of carbonyl (C=O) groups is 1. The average molecular weight is 212 g/mol. The van der Waals surface area contributed by atoms with Crippen molar-refractivity contribution in [3.05, 3.63) is 12.2 Å². The Bertz CT molecular complexity index is 210. The van der Waals surface area contributed by atoms with Gasteiger partial charge in [-0.2, -0.15) is 0 Å². The minimum Gasteiger partial charge on any atom is -0.342 e. The van der Waals surface area contributed by atoms with Crippen molar-refractivity contribution in [1.82, 2.24) is 10.2 Å². The van der Waals surface area contributed by atoms with Crippen LogP contribution in [0.25, 0.3) is 0 Å². The second kappa shape index (κ2) is 7.46. The van der Waals surface area contributed by atoms with Crippen LogP contribution in [0.3, 0.4) is 0 Å². The highest BCUT2D eigenvalue weighted by Crippen LogP contribution is 1.97. The summed E-state index contributed by atoms with van der Waals surface area (Å²) < 4.78 is 0. The number of hydrogen-bond donors (Lipinski definition) is 1. The van der Waals surface area contributed by atoms with E-state index in [9.17, 15) is 4.79 Å². The third kappa shape index (κ3) is 5.57. The minimum absolute atomic E-state index is 0.0933. The number of hydrogen-bond acceptors (Lipinski definition) is 2. The Balaban J connectivity index is 3.92. The zero-order chi connectivity index (χ0) is 11.8. The van der Waals surface area contributed by atoms with Gasteiger partial charge in [-0.3, -0.25) is 4.79 Å². The SMILES string of the molecule is C=C(C)CCNC(C)C(=O)N(CC)CC. The molecule has 0 aliphatic rings. The van der Waals surface area contributed by atoms with Crippen molar-refractivity contribution in [3.63, 3.8) is 0 Å². The maximum absolute atomic E-state index is 11.8. The third-order valence-corrected chi connectivity index (χ3v) is 2.45. The summed E-state index contributed by atoms with van der Waals surface area (Å²) in [5.74, 6) is 0.182. The highest BCUT2D eigenvalue weighted by Gasteiger charge is 2.16. The molecule has 0 aromatic carbocycles. The number of nitrogens with zero attached hydrogens (tertiary/aromatic N) is 1. The fourth-order valence-electron chi connectivity index (χ4n) is 1.40. The molecule has 0 spiro atoms. The number of amides is 1. The summed E-state index contributed by atoms with van der Waals surface area (Å²) in [4.78, 5) is 13.7. The van der Waals surface area contributed by atoms with E-state index in [1.807, 2.05) is 32.6 Å². The van der Waals surface area contributed by atoms with Crippen molar-refractivity contribution in [2.45, 2.75) is 40.2 Å². The van der Waals surface area contributed by atoms with E-state index in [0.717, 1.165) is 31.6 Å². The molecule has 1 atom stereocenters. The van der Waals surface area contributed by atoms with Crippen LogP contribution in [0.1, 0.15) is 34.1 Å². The first-order chi connectivity index (χ1) is 7.02. The van der Waals surface area contributed by atoms with Crippen LogP contribution in [0.2, 0.25) is 0 Å². The summed E-state index contributed by atoms with van der Waals surface area (Å²) in [5, 5.41) is 3.21. The van der Waals surface area contributed by atoms with Gasteiger partial charge in [-0.15, -0.1) is 6.58 Å².